The highest BCUT2D eigenvalue weighted by Gasteiger charge is 2.12. The van der Waals surface area contributed by atoms with E-state index >= 15 is 0 Å². The second-order valence-electron chi connectivity index (χ2n) is 4.50. The summed E-state index contributed by atoms with van der Waals surface area (Å²) >= 11 is 0. The van der Waals surface area contributed by atoms with Gasteiger partial charge in [-0.05, 0) is 19.9 Å². The number of halogens is 1. The molecule has 1 aromatic heterocycles. The smallest absolute Gasteiger partial charge is 0.127 e. The Balaban J connectivity index is 2.03. The second kappa shape index (κ2) is 5.31. The first kappa shape index (κ1) is 12.8. The van der Waals surface area contributed by atoms with Crippen molar-refractivity contribution in [1.29, 1.82) is 0 Å². The molecule has 4 heteroatoms. The Morgan fingerprint density at radius 3 is 2.72 bits per heavy atom. The lowest BCUT2D eigenvalue weighted by molar-refractivity contribution is 0.542. The summed E-state index contributed by atoms with van der Waals surface area (Å²) in [5, 5.41) is 7.53. The van der Waals surface area contributed by atoms with Crippen LogP contribution in [0.2, 0.25) is 0 Å². The molecule has 0 saturated carbocycles. The van der Waals surface area contributed by atoms with Crippen molar-refractivity contribution in [2.24, 2.45) is 7.05 Å². The quantitative estimate of drug-likeness (QED) is 0.900. The molecular formula is C14H18FN3. The molecule has 2 rings (SSSR count). The van der Waals surface area contributed by atoms with Crippen LogP contribution in [0.1, 0.15) is 29.8 Å². The standard InChI is InChI=1S/C14H18FN3/c1-10(13-9-17-18(3)11(13)2)16-8-12-6-4-5-7-14(12)15/h4-7,9-10,16H,8H2,1-3H3. The Hall–Kier alpha value is -1.68. The number of nitrogens with zero attached hydrogens (tertiary/aromatic N) is 2. The van der Waals surface area contributed by atoms with E-state index in [9.17, 15) is 4.39 Å². The Kier molecular flexibility index (Phi) is 3.77. The van der Waals surface area contributed by atoms with Gasteiger partial charge in [-0.2, -0.15) is 5.10 Å². The minimum atomic E-state index is -0.167. The van der Waals surface area contributed by atoms with Gasteiger partial charge in [-0.1, -0.05) is 18.2 Å². The van der Waals surface area contributed by atoms with Crippen molar-refractivity contribution in [3.05, 3.63) is 53.1 Å². The third kappa shape index (κ3) is 2.59. The summed E-state index contributed by atoms with van der Waals surface area (Å²) in [6.45, 7) is 4.61. The Labute approximate surface area is 107 Å². The SMILES string of the molecule is Cc1c(C(C)NCc2ccccc2F)cnn1C. The topological polar surface area (TPSA) is 29.9 Å². The molecule has 1 heterocycles. The van der Waals surface area contributed by atoms with Gasteiger partial charge in [0.05, 0.1) is 6.20 Å². The van der Waals surface area contributed by atoms with Gasteiger partial charge in [0.1, 0.15) is 5.82 Å². The fourth-order valence-electron chi connectivity index (χ4n) is 1.96. The van der Waals surface area contributed by atoms with Crippen molar-refractivity contribution in [2.45, 2.75) is 26.4 Å². The maximum absolute atomic E-state index is 13.5. The molecule has 1 atom stereocenters. The predicted molar refractivity (Wildman–Crippen MR) is 69.6 cm³/mol. The van der Waals surface area contributed by atoms with Crippen LogP contribution in [0.15, 0.2) is 30.5 Å². The predicted octanol–water partition coefficient (Wildman–Crippen LogP) is 2.72. The van der Waals surface area contributed by atoms with Crippen molar-refractivity contribution in [2.75, 3.05) is 0 Å². The van der Waals surface area contributed by atoms with Crippen molar-refractivity contribution < 1.29 is 4.39 Å². The van der Waals surface area contributed by atoms with Crippen molar-refractivity contribution >= 4 is 0 Å². The lowest BCUT2D eigenvalue weighted by atomic mass is 10.1. The van der Waals surface area contributed by atoms with Gasteiger partial charge in [0, 0.05) is 36.5 Å². The number of hydrogen-bond acceptors (Lipinski definition) is 2. The van der Waals surface area contributed by atoms with Crippen LogP contribution in [-0.2, 0) is 13.6 Å². The monoisotopic (exact) mass is 247 g/mol. The number of aryl methyl sites for hydroxylation is 1. The maximum atomic E-state index is 13.5. The van der Waals surface area contributed by atoms with Gasteiger partial charge >= 0.3 is 0 Å². The van der Waals surface area contributed by atoms with E-state index in [0.717, 1.165) is 11.3 Å². The molecular weight excluding hydrogens is 229 g/mol. The van der Waals surface area contributed by atoms with Crippen LogP contribution in [0, 0.1) is 12.7 Å². The van der Waals surface area contributed by atoms with Crippen molar-refractivity contribution in [3.63, 3.8) is 0 Å². The molecule has 3 nitrogen and oxygen atoms in total. The molecule has 0 fully saturated rings. The van der Waals surface area contributed by atoms with Crippen molar-refractivity contribution in [1.82, 2.24) is 15.1 Å². The Morgan fingerprint density at radius 2 is 2.11 bits per heavy atom. The second-order valence-corrected chi connectivity index (χ2v) is 4.50. The molecule has 0 radical (unpaired) electrons. The van der Waals surface area contributed by atoms with E-state index in [2.05, 4.69) is 17.3 Å². The van der Waals surface area contributed by atoms with Gasteiger partial charge in [0.2, 0.25) is 0 Å². The lowest BCUT2D eigenvalue weighted by Gasteiger charge is -2.14. The zero-order valence-corrected chi connectivity index (χ0v) is 10.9. The van der Waals surface area contributed by atoms with E-state index in [1.165, 1.54) is 6.07 Å². The van der Waals surface area contributed by atoms with Crippen LogP contribution in [0.4, 0.5) is 4.39 Å². The molecule has 0 aliphatic heterocycles. The zero-order chi connectivity index (χ0) is 13.1. The summed E-state index contributed by atoms with van der Waals surface area (Å²) in [4.78, 5) is 0. The summed E-state index contributed by atoms with van der Waals surface area (Å²) in [5.74, 6) is -0.167. The summed E-state index contributed by atoms with van der Waals surface area (Å²) in [5.41, 5.74) is 2.96. The van der Waals surface area contributed by atoms with E-state index in [-0.39, 0.29) is 11.9 Å². The number of benzene rings is 1. The summed E-state index contributed by atoms with van der Waals surface area (Å²) < 4.78 is 15.3. The molecule has 0 bridgehead atoms. The first-order valence-corrected chi connectivity index (χ1v) is 6.05. The van der Waals surface area contributed by atoms with E-state index in [0.29, 0.717) is 12.1 Å². The molecule has 96 valence electrons. The van der Waals surface area contributed by atoms with Gasteiger partial charge < -0.3 is 5.32 Å². The molecule has 1 N–H and O–H groups in total. The van der Waals surface area contributed by atoms with Crippen molar-refractivity contribution in [3.8, 4) is 0 Å². The number of hydrogen-bond donors (Lipinski definition) is 1. The lowest BCUT2D eigenvalue weighted by Crippen LogP contribution is -2.19. The zero-order valence-electron chi connectivity index (χ0n) is 10.9. The molecule has 1 aromatic carbocycles. The highest BCUT2D eigenvalue weighted by molar-refractivity contribution is 5.21. The largest absolute Gasteiger partial charge is 0.306 e. The van der Waals surface area contributed by atoms with Gasteiger partial charge in [0.15, 0.2) is 0 Å². The minimum absolute atomic E-state index is 0.151. The van der Waals surface area contributed by atoms with Crippen LogP contribution in [0.3, 0.4) is 0 Å². The molecule has 0 amide bonds. The van der Waals surface area contributed by atoms with Crippen LogP contribution in [-0.4, -0.2) is 9.78 Å². The summed E-state index contributed by atoms with van der Waals surface area (Å²) in [6, 6.07) is 6.98. The van der Waals surface area contributed by atoms with Crippen LogP contribution in [0.5, 0.6) is 0 Å². The third-order valence-corrected chi connectivity index (χ3v) is 3.30. The molecule has 0 aliphatic carbocycles. The summed E-state index contributed by atoms with van der Waals surface area (Å²) in [7, 11) is 1.92. The highest BCUT2D eigenvalue weighted by Crippen LogP contribution is 2.17. The third-order valence-electron chi connectivity index (χ3n) is 3.30. The fourth-order valence-corrected chi connectivity index (χ4v) is 1.96. The average molecular weight is 247 g/mol. The number of rotatable bonds is 4. The molecule has 18 heavy (non-hydrogen) atoms. The van der Waals surface area contributed by atoms with E-state index in [1.807, 2.05) is 30.9 Å². The van der Waals surface area contributed by atoms with Gasteiger partial charge in [-0.3, -0.25) is 4.68 Å². The van der Waals surface area contributed by atoms with Crippen LogP contribution >= 0.6 is 0 Å². The molecule has 0 saturated heterocycles. The van der Waals surface area contributed by atoms with E-state index < -0.39 is 0 Å². The fraction of sp³-hybridized carbons (Fsp3) is 0.357. The molecule has 1 unspecified atom stereocenters. The first-order valence-electron chi connectivity index (χ1n) is 6.05. The van der Waals surface area contributed by atoms with Crippen LogP contribution < -0.4 is 5.32 Å². The van der Waals surface area contributed by atoms with E-state index in [1.54, 1.807) is 12.1 Å². The molecule has 0 spiro atoms. The average Bonchev–Trinajstić information content (AvgIpc) is 2.69. The maximum Gasteiger partial charge on any atom is 0.127 e. The van der Waals surface area contributed by atoms with Crippen LogP contribution in [0.25, 0.3) is 0 Å². The van der Waals surface area contributed by atoms with Gasteiger partial charge in [-0.25, -0.2) is 4.39 Å². The van der Waals surface area contributed by atoms with Gasteiger partial charge in [0.25, 0.3) is 0 Å². The molecule has 0 aliphatic rings. The molecule has 2 aromatic rings. The first-order chi connectivity index (χ1) is 8.59. The normalized spacial score (nSPS) is 12.7. The Bertz CT molecular complexity index is 534. The van der Waals surface area contributed by atoms with E-state index in [4.69, 9.17) is 0 Å². The summed E-state index contributed by atoms with van der Waals surface area (Å²) in [6.07, 6.45) is 1.86. The van der Waals surface area contributed by atoms with Gasteiger partial charge in [-0.15, -0.1) is 0 Å². The Morgan fingerprint density at radius 1 is 1.39 bits per heavy atom. The highest BCUT2D eigenvalue weighted by atomic mass is 19.1. The number of nitrogens with one attached hydrogen (secondary N) is 1. The minimum Gasteiger partial charge on any atom is -0.306 e. The number of aromatic nitrogens is 2.